The Morgan fingerprint density at radius 2 is 1.52 bits per heavy atom. The molecule has 1 aromatic heterocycles. The molecule has 0 bridgehead atoms. The van der Waals surface area contributed by atoms with Gasteiger partial charge >= 0.3 is 0 Å². The molecule has 5 rings (SSSR count). The van der Waals surface area contributed by atoms with E-state index in [0.717, 1.165) is 25.3 Å². The number of aryl methyl sites for hydroxylation is 2. The first kappa shape index (κ1) is 22.4. The van der Waals surface area contributed by atoms with Gasteiger partial charge in [-0.05, 0) is 63.1 Å². The van der Waals surface area contributed by atoms with Crippen LogP contribution < -0.4 is 5.30 Å². The van der Waals surface area contributed by atoms with Crippen molar-refractivity contribution in [1.29, 1.82) is 0 Å². The number of hydrogen-bond donors (Lipinski definition) is 0. The highest BCUT2D eigenvalue weighted by molar-refractivity contribution is 7.73. The van der Waals surface area contributed by atoms with E-state index in [9.17, 15) is 0 Å². The summed E-state index contributed by atoms with van der Waals surface area (Å²) < 4.78 is 10.9. The molecule has 1 fully saturated rings. The van der Waals surface area contributed by atoms with Crippen molar-refractivity contribution in [2.45, 2.75) is 59.2 Å². The predicted octanol–water partition coefficient (Wildman–Crippen LogP) is 8.09. The van der Waals surface area contributed by atoms with Crippen molar-refractivity contribution in [3.63, 3.8) is 0 Å². The van der Waals surface area contributed by atoms with E-state index in [2.05, 4.69) is 111 Å². The highest BCUT2D eigenvalue weighted by atomic mass is 31.2. The van der Waals surface area contributed by atoms with Crippen LogP contribution in [0.4, 0.5) is 5.69 Å². The topological polar surface area (TPSA) is 20.5 Å². The first-order valence-corrected chi connectivity index (χ1v) is 14.0. The van der Waals surface area contributed by atoms with Crippen molar-refractivity contribution < 1.29 is 0 Å². The van der Waals surface area contributed by atoms with Gasteiger partial charge in [-0.3, -0.25) is 4.67 Å². The van der Waals surface area contributed by atoms with E-state index >= 15 is 0 Å². The summed E-state index contributed by atoms with van der Waals surface area (Å²) in [5, 5.41) is 4.14. The molecule has 33 heavy (non-hydrogen) atoms. The molecule has 0 spiro atoms. The van der Waals surface area contributed by atoms with Crippen LogP contribution in [0, 0.1) is 6.92 Å². The van der Waals surface area contributed by atoms with Crippen molar-refractivity contribution in [3.05, 3.63) is 72.3 Å². The maximum Gasteiger partial charge on any atom is 0.0720 e. The van der Waals surface area contributed by atoms with E-state index in [4.69, 9.17) is 4.74 Å². The lowest BCUT2D eigenvalue weighted by atomic mass is 10.1. The van der Waals surface area contributed by atoms with Crippen molar-refractivity contribution in [1.82, 2.24) is 9.24 Å². The van der Waals surface area contributed by atoms with Crippen LogP contribution in [0.3, 0.4) is 0 Å². The second kappa shape index (κ2) is 8.46. The molecule has 0 saturated carbocycles. The number of hydrogen-bond acceptors (Lipinski definition) is 1. The molecule has 3 nitrogen and oxygen atoms in total. The Hall–Kier alpha value is -2.35. The van der Waals surface area contributed by atoms with E-state index in [1.54, 1.807) is 0 Å². The third-order valence-electron chi connectivity index (χ3n) is 7.15. The Labute approximate surface area is 198 Å². The van der Waals surface area contributed by atoms with Crippen molar-refractivity contribution >= 4 is 40.0 Å². The molecule has 1 unspecified atom stereocenters. The van der Waals surface area contributed by atoms with Crippen molar-refractivity contribution in [3.8, 4) is 0 Å². The van der Waals surface area contributed by atoms with E-state index in [0.29, 0.717) is 0 Å². The van der Waals surface area contributed by atoms with Crippen LogP contribution >= 0.6 is 7.21 Å². The molecule has 0 radical (unpaired) electrons. The smallest absolute Gasteiger partial charge is 0.0720 e. The predicted molar refractivity (Wildman–Crippen MR) is 145 cm³/mol. The zero-order chi connectivity index (χ0) is 23.2. The van der Waals surface area contributed by atoms with Gasteiger partial charge in [0, 0.05) is 51.9 Å². The normalized spacial score (nSPS) is 17.0. The summed E-state index contributed by atoms with van der Waals surface area (Å²) in [6.45, 7) is 14.8. The molecular weight excluding hydrogens is 421 g/mol. The largest absolute Gasteiger partial charge is 0.341 e. The van der Waals surface area contributed by atoms with Gasteiger partial charge in [-0.2, -0.15) is 0 Å². The summed E-state index contributed by atoms with van der Waals surface area (Å²) in [5.41, 5.74) is 5.03. The third kappa shape index (κ3) is 3.66. The van der Waals surface area contributed by atoms with Crippen LogP contribution in [0.2, 0.25) is 0 Å². The zero-order valence-corrected chi connectivity index (χ0v) is 21.6. The van der Waals surface area contributed by atoms with Gasteiger partial charge in [0.2, 0.25) is 0 Å². The Bertz CT molecular complexity index is 1350. The average Bonchev–Trinajstić information content (AvgIpc) is 3.44. The first-order valence-electron chi connectivity index (χ1n) is 12.3. The van der Waals surface area contributed by atoms with Crippen molar-refractivity contribution in [2.24, 2.45) is 4.74 Å². The summed E-state index contributed by atoms with van der Waals surface area (Å²) >= 11 is 0. The summed E-state index contributed by atoms with van der Waals surface area (Å²) in [7, 11) is -2.05. The summed E-state index contributed by atoms with van der Waals surface area (Å²) in [6.07, 6.45) is 2.53. The molecule has 1 saturated heterocycles. The highest BCUT2D eigenvalue weighted by Gasteiger charge is 2.42. The minimum Gasteiger partial charge on any atom is -0.341 e. The van der Waals surface area contributed by atoms with Gasteiger partial charge in [-0.1, -0.05) is 56.7 Å². The molecule has 4 aromatic rings. The molecule has 3 aromatic carbocycles. The number of aromatic nitrogens is 1. The van der Waals surface area contributed by atoms with E-state index in [1.807, 2.05) is 0 Å². The number of rotatable bonds is 4. The molecule has 2 heterocycles. The molecular formula is C29H36N3P. The Morgan fingerprint density at radius 1 is 0.848 bits per heavy atom. The quantitative estimate of drug-likeness (QED) is 0.284. The van der Waals surface area contributed by atoms with Gasteiger partial charge in [0.05, 0.1) is 12.9 Å². The van der Waals surface area contributed by atoms with Crippen LogP contribution in [-0.4, -0.2) is 27.5 Å². The van der Waals surface area contributed by atoms with Crippen molar-refractivity contribution in [2.75, 3.05) is 13.1 Å². The minimum atomic E-state index is -2.05. The Balaban J connectivity index is 1.85. The second-order valence-electron chi connectivity index (χ2n) is 10.3. The van der Waals surface area contributed by atoms with Gasteiger partial charge in [0.15, 0.2) is 0 Å². The second-order valence-corrected chi connectivity index (χ2v) is 14.2. The lowest BCUT2D eigenvalue weighted by molar-refractivity contribution is 0.538. The minimum absolute atomic E-state index is 0.0268. The van der Waals surface area contributed by atoms with Crippen LogP contribution in [-0.2, 0) is 6.54 Å². The van der Waals surface area contributed by atoms with Gasteiger partial charge in [0.1, 0.15) is 0 Å². The Kier molecular flexibility index (Phi) is 5.75. The fourth-order valence-corrected chi connectivity index (χ4v) is 10.0. The third-order valence-corrected chi connectivity index (χ3v) is 11.8. The molecule has 0 amide bonds. The van der Waals surface area contributed by atoms with Gasteiger partial charge in [0.25, 0.3) is 0 Å². The molecule has 4 heteroatoms. The highest BCUT2D eigenvalue weighted by Crippen LogP contribution is 2.65. The summed E-state index contributed by atoms with van der Waals surface area (Å²) in [4.78, 5) is 0. The number of para-hydroxylation sites is 1. The molecule has 0 aliphatic carbocycles. The SMILES string of the molecule is CCn1c2ccccc2c2cc(P(=Nc3ccc(C)cc3)(N3CCCC3)C(C)(C)C)ccc21. The summed E-state index contributed by atoms with van der Waals surface area (Å²) in [5.74, 6) is 0. The summed E-state index contributed by atoms with van der Waals surface area (Å²) in [6, 6.07) is 24.9. The maximum absolute atomic E-state index is 5.70. The molecule has 172 valence electrons. The van der Waals surface area contributed by atoms with E-state index in [-0.39, 0.29) is 5.16 Å². The Morgan fingerprint density at radius 3 is 2.18 bits per heavy atom. The lowest BCUT2D eigenvalue weighted by Gasteiger charge is -2.44. The zero-order valence-electron chi connectivity index (χ0n) is 20.7. The average molecular weight is 458 g/mol. The number of benzene rings is 3. The standard InChI is InChI=1S/C29H36N3P/c1-6-32-27-12-8-7-11-25(27)26-21-24(17-18-28(26)32)33(29(3,4)5,31-19-9-10-20-31)30-23-15-13-22(2)14-16-23/h7-8,11-18,21H,6,9-10,19-20H2,1-5H3. The molecule has 1 aliphatic heterocycles. The molecule has 1 atom stereocenters. The number of nitrogens with zero attached hydrogens (tertiary/aromatic N) is 3. The molecule has 1 aliphatic rings. The van der Waals surface area contributed by atoms with Crippen LogP contribution in [0.25, 0.3) is 21.8 Å². The maximum atomic E-state index is 5.70. The van der Waals surface area contributed by atoms with Gasteiger partial charge in [-0.25, -0.2) is 4.74 Å². The lowest BCUT2D eigenvalue weighted by Crippen LogP contribution is -2.35. The fraction of sp³-hybridized carbons (Fsp3) is 0.379. The van der Waals surface area contributed by atoms with Gasteiger partial charge < -0.3 is 4.57 Å². The van der Waals surface area contributed by atoms with Crippen LogP contribution in [0.1, 0.15) is 46.1 Å². The first-order chi connectivity index (χ1) is 15.8. The van der Waals surface area contributed by atoms with E-state index < -0.39 is 7.21 Å². The van der Waals surface area contributed by atoms with Crippen LogP contribution in [0.5, 0.6) is 0 Å². The fourth-order valence-electron chi connectivity index (χ4n) is 5.59. The molecule has 0 N–H and O–H groups in total. The van der Waals surface area contributed by atoms with Crippen LogP contribution in [0.15, 0.2) is 71.5 Å². The van der Waals surface area contributed by atoms with Gasteiger partial charge in [-0.15, -0.1) is 0 Å². The van der Waals surface area contributed by atoms with E-state index in [1.165, 1.54) is 45.5 Å². The monoisotopic (exact) mass is 457 g/mol. The number of fused-ring (bicyclic) bond motifs is 3.